The Morgan fingerprint density at radius 2 is 0.958 bits per heavy atom. The standard InChI is InChI=1S/C20H14O4/c21-13-15-4-8-17(9-5-15)23-19-2-1-3-20(12-19)24-18-10-6-16(14-22)7-11-18/h1-14H. The Kier molecular flexibility index (Phi) is 4.68. The molecule has 0 aliphatic carbocycles. The van der Waals surface area contributed by atoms with Crippen LogP contribution < -0.4 is 9.47 Å². The SMILES string of the molecule is O=Cc1ccc(Oc2cccc(Oc3ccc(C=O)cc3)c2)cc1. The average Bonchev–Trinajstić information content (AvgIpc) is 2.63. The highest BCUT2D eigenvalue weighted by molar-refractivity contribution is 5.75. The molecule has 118 valence electrons. The van der Waals surface area contributed by atoms with E-state index in [9.17, 15) is 9.59 Å². The first kappa shape index (κ1) is 15.5. The molecular weight excluding hydrogens is 304 g/mol. The van der Waals surface area contributed by atoms with Crippen LogP contribution in [0.2, 0.25) is 0 Å². The summed E-state index contributed by atoms with van der Waals surface area (Å²) in [6.07, 6.45) is 1.57. The van der Waals surface area contributed by atoms with Crippen LogP contribution in [0.25, 0.3) is 0 Å². The highest BCUT2D eigenvalue weighted by atomic mass is 16.5. The maximum atomic E-state index is 10.7. The summed E-state index contributed by atoms with van der Waals surface area (Å²) in [5.41, 5.74) is 1.19. The molecule has 0 fully saturated rings. The van der Waals surface area contributed by atoms with Crippen LogP contribution in [0.1, 0.15) is 20.7 Å². The number of rotatable bonds is 6. The van der Waals surface area contributed by atoms with Gasteiger partial charge in [0.15, 0.2) is 0 Å². The highest BCUT2D eigenvalue weighted by Crippen LogP contribution is 2.28. The maximum absolute atomic E-state index is 10.7. The molecule has 0 atom stereocenters. The molecule has 0 saturated carbocycles. The summed E-state index contributed by atoms with van der Waals surface area (Å²) in [4.78, 5) is 21.3. The molecule has 0 aliphatic heterocycles. The summed E-state index contributed by atoms with van der Waals surface area (Å²) in [5.74, 6) is 2.51. The van der Waals surface area contributed by atoms with E-state index in [1.54, 1.807) is 54.6 Å². The normalized spacial score (nSPS) is 10.0. The zero-order valence-corrected chi connectivity index (χ0v) is 12.7. The third kappa shape index (κ3) is 3.87. The number of hydrogen-bond acceptors (Lipinski definition) is 4. The van der Waals surface area contributed by atoms with E-state index in [0.29, 0.717) is 34.1 Å². The predicted molar refractivity (Wildman–Crippen MR) is 90.2 cm³/mol. The lowest BCUT2D eigenvalue weighted by Gasteiger charge is -2.09. The van der Waals surface area contributed by atoms with E-state index in [1.165, 1.54) is 0 Å². The van der Waals surface area contributed by atoms with Crippen molar-refractivity contribution in [3.63, 3.8) is 0 Å². The van der Waals surface area contributed by atoms with Crippen LogP contribution in [0, 0.1) is 0 Å². The third-order valence-electron chi connectivity index (χ3n) is 3.31. The first-order valence-corrected chi connectivity index (χ1v) is 7.33. The molecule has 24 heavy (non-hydrogen) atoms. The van der Waals surface area contributed by atoms with Gasteiger partial charge in [0.1, 0.15) is 35.6 Å². The molecule has 3 aromatic carbocycles. The second-order valence-corrected chi connectivity index (χ2v) is 5.05. The summed E-state index contributed by atoms with van der Waals surface area (Å²) >= 11 is 0. The molecule has 0 bridgehead atoms. The van der Waals surface area contributed by atoms with Crippen LogP contribution in [0.3, 0.4) is 0 Å². The highest BCUT2D eigenvalue weighted by Gasteiger charge is 2.02. The van der Waals surface area contributed by atoms with Gasteiger partial charge in [-0.1, -0.05) is 6.07 Å². The van der Waals surface area contributed by atoms with Crippen molar-refractivity contribution in [2.75, 3.05) is 0 Å². The maximum Gasteiger partial charge on any atom is 0.150 e. The minimum Gasteiger partial charge on any atom is -0.457 e. The topological polar surface area (TPSA) is 52.6 Å². The van der Waals surface area contributed by atoms with E-state index in [4.69, 9.17) is 9.47 Å². The van der Waals surface area contributed by atoms with Gasteiger partial charge in [-0.05, 0) is 60.7 Å². The van der Waals surface area contributed by atoms with Gasteiger partial charge in [-0.3, -0.25) is 9.59 Å². The molecule has 0 spiro atoms. The lowest BCUT2D eigenvalue weighted by atomic mass is 10.2. The molecule has 0 aliphatic rings. The number of carbonyl (C=O) groups is 2. The summed E-state index contributed by atoms with van der Waals surface area (Å²) < 4.78 is 11.5. The molecule has 0 saturated heterocycles. The number of aldehydes is 2. The van der Waals surface area contributed by atoms with Crippen molar-refractivity contribution in [2.45, 2.75) is 0 Å². The van der Waals surface area contributed by atoms with Gasteiger partial charge in [0.2, 0.25) is 0 Å². The zero-order valence-electron chi connectivity index (χ0n) is 12.7. The first-order valence-electron chi connectivity index (χ1n) is 7.33. The van der Waals surface area contributed by atoms with E-state index in [0.717, 1.165) is 12.6 Å². The Morgan fingerprint density at radius 1 is 0.542 bits per heavy atom. The van der Waals surface area contributed by atoms with Gasteiger partial charge in [-0.15, -0.1) is 0 Å². The van der Waals surface area contributed by atoms with E-state index >= 15 is 0 Å². The monoisotopic (exact) mass is 318 g/mol. The molecule has 3 aromatic rings. The Morgan fingerprint density at radius 3 is 1.33 bits per heavy atom. The molecular formula is C20H14O4. The molecule has 0 heterocycles. The van der Waals surface area contributed by atoms with E-state index in [1.807, 2.05) is 18.2 Å². The molecule has 0 aromatic heterocycles. The molecule has 0 amide bonds. The summed E-state index contributed by atoms with van der Waals surface area (Å²) in [7, 11) is 0. The Labute approximate surface area is 139 Å². The van der Waals surface area contributed by atoms with Gasteiger partial charge in [-0.25, -0.2) is 0 Å². The minimum absolute atomic E-state index is 0.596. The van der Waals surface area contributed by atoms with Crippen LogP contribution in [0.15, 0.2) is 72.8 Å². The molecule has 4 heteroatoms. The van der Waals surface area contributed by atoms with Crippen molar-refractivity contribution in [3.8, 4) is 23.0 Å². The second kappa shape index (κ2) is 7.24. The van der Waals surface area contributed by atoms with E-state index < -0.39 is 0 Å². The van der Waals surface area contributed by atoms with Crippen LogP contribution in [-0.2, 0) is 0 Å². The molecule has 4 nitrogen and oxygen atoms in total. The lowest BCUT2D eigenvalue weighted by molar-refractivity contribution is 0.111. The van der Waals surface area contributed by atoms with Gasteiger partial charge in [0.05, 0.1) is 0 Å². The molecule has 0 unspecified atom stereocenters. The molecule has 0 radical (unpaired) electrons. The van der Waals surface area contributed by atoms with Crippen LogP contribution in [0.5, 0.6) is 23.0 Å². The van der Waals surface area contributed by atoms with Crippen molar-refractivity contribution in [1.82, 2.24) is 0 Å². The number of hydrogen-bond donors (Lipinski definition) is 0. The first-order chi connectivity index (χ1) is 11.8. The molecule has 0 N–H and O–H groups in total. The van der Waals surface area contributed by atoms with Gasteiger partial charge < -0.3 is 9.47 Å². The zero-order chi connectivity index (χ0) is 16.8. The fourth-order valence-electron chi connectivity index (χ4n) is 2.10. The number of ether oxygens (including phenoxy) is 2. The Hall–Kier alpha value is -3.40. The van der Waals surface area contributed by atoms with E-state index in [2.05, 4.69) is 0 Å². The van der Waals surface area contributed by atoms with Gasteiger partial charge in [0.25, 0.3) is 0 Å². The third-order valence-corrected chi connectivity index (χ3v) is 3.31. The van der Waals surface area contributed by atoms with Crippen molar-refractivity contribution in [1.29, 1.82) is 0 Å². The summed E-state index contributed by atoms with van der Waals surface area (Å²) in [5, 5.41) is 0. The van der Waals surface area contributed by atoms with Gasteiger partial charge in [0, 0.05) is 17.2 Å². The van der Waals surface area contributed by atoms with E-state index in [-0.39, 0.29) is 0 Å². The summed E-state index contributed by atoms with van der Waals surface area (Å²) in [6.45, 7) is 0. The van der Waals surface area contributed by atoms with Gasteiger partial charge in [-0.2, -0.15) is 0 Å². The predicted octanol–water partition coefficient (Wildman–Crippen LogP) is 4.90. The minimum atomic E-state index is 0.596. The smallest absolute Gasteiger partial charge is 0.150 e. The fraction of sp³-hybridized carbons (Fsp3) is 0. The largest absolute Gasteiger partial charge is 0.457 e. The summed E-state index contributed by atoms with van der Waals surface area (Å²) in [6, 6.07) is 20.9. The quantitative estimate of drug-likeness (QED) is 0.607. The number of carbonyl (C=O) groups excluding carboxylic acids is 2. The average molecular weight is 318 g/mol. The van der Waals surface area contributed by atoms with Crippen molar-refractivity contribution < 1.29 is 19.1 Å². The van der Waals surface area contributed by atoms with Crippen molar-refractivity contribution >= 4 is 12.6 Å². The lowest BCUT2D eigenvalue weighted by Crippen LogP contribution is -1.88. The Bertz CT molecular complexity index is 768. The van der Waals surface area contributed by atoms with Crippen LogP contribution in [0.4, 0.5) is 0 Å². The second-order valence-electron chi connectivity index (χ2n) is 5.05. The van der Waals surface area contributed by atoms with Gasteiger partial charge >= 0.3 is 0 Å². The van der Waals surface area contributed by atoms with Crippen molar-refractivity contribution in [3.05, 3.63) is 83.9 Å². The van der Waals surface area contributed by atoms with Crippen LogP contribution in [-0.4, -0.2) is 12.6 Å². The van der Waals surface area contributed by atoms with Crippen molar-refractivity contribution in [2.24, 2.45) is 0 Å². The fourth-order valence-corrected chi connectivity index (χ4v) is 2.10. The number of benzene rings is 3. The van der Waals surface area contributed by atoms with Crippen LogP contribution >= 0.6 is 0 Å². The Balaban J connectivity index is 1.72. The molecule has 3 rings (SSSR count).